The lowest BCUT2D eigenvalue weighted by atomic mass is 9.95. The molecule has 0 spiro atoms. The molecular formula is C30H38N4O6. The second kappa shape index (κ2) is 12.0. The molecule has 4 rings (SSSR count). The van der Waals surface area contributed by atoms with E-state index in [0.717, 1.165) is 25.2 Å². The molecule has 10 heteroatoms. The second-order valence-corrected chi connectivity index (χ2v) is 9.76. The molecule has 0 radical (unpaired) electrons. The molecule has 1 saturated heterocycles. The third kappa shape index (κ3) is 4.99. The summed E-state index contributed by atoms with van der Waals surface area (Å²) in [6, 6.07) is 6.37. The van der Waals surface area contributed by atoms with Crippen molar-refractivity contribution in [3.8, 4) is 17.2 Å². The number of aliphatic hydroxyl groups is 1. The van der Waals surface area contributed by atoms with E-state index in [4.69, 9.17) is 14.2 Å². The first-order valence-electron chi connectivity index (χ1n) is 13.5. The molecule has 3 heterocycles. The van der Waals surface area contributed by atoms with E-state index in [2.05, 4.69) is 23.7 Å². The monoisotopic (exact) mass is 550 g/mol. The van der Waals surface area contributed by atoms with Gasteiger partial charge in [0.05, 0.1) is 38.6 Å². The molecule has 1 unspecified atom stereocenters. The summed E-state index contributed by atoms with van der Waals surface area (Å²) in [5, 5.41) is 11.7. The molecule has 1 aromatic carbocycles. The maximum absolute atomic E-state index is 13.6. The van der Waals surface area contributed by atoms with Crippen molar-refractivity contribution in [1.29, 1.82) is 0 Å². The number of amides is 1. The number of nitrogens with zero attached hydrogens (tertiary/aromatic N) is 4. The average Bonchev–Trinajstić information content (AvgIpc) is 3.44. The van der Waals surface area contributed by atoms with Crippen molar-refractivity contribution in [3.63, 3.8) is 0 Å². The van der Waals surface area contributed by atoms with Gasteiger partial charge < -0.3 is 33.5 Å². The fourth-order valence-electron chi connectivity index (χ4n) is 5.39. The first-order valence-corrected chi connectivity index (χ1v) is 13.5. The number of fused-ring (bicyclic) bond motifs is 1. The molecule has 1 aliphatic rings. The van der Waals surface area contributed by atoms with Crippen LogP contribution in [0.15, 0.2) is 36.0 Å². The maximum atomic E-state index is 13.6. The number of ketones is 1. The molecule has 40 heavy (non-hydrogen) atoms. The van der Waals surface area contributed by atoms with Gasteiger partial charge in [0.15, 0.2) is 17.3 Å². The highest BCUT2D eigenvalue weighted by atomic mass is 16.5. The van der Waals surface area contributed by atoms with Crippen molar-refractivity contribution in [2.24, 2.45) is 0 Å². The molecule has 0 aliphatic carbocycles. The number of imidazole rings is 1. The summed E-state index contributed by atoms with van der Waals surface area (Å²) in [7, 11) is 4.52. The molecule has 10 nitrogen and oxygen atoms in total. The van der Waals surface area contributed by atoms with Crippen molar-refractivity contribution in [1.82, 2.24) is 19.2 Å². The van der Waals surface area contributed by atoms with Gasteiger partial charge in [-0.2, -0.15) is 0 Å². The standard InChI is InChI=1S/C30H38N4O6/c1-8-32(9-2)13-11-15-34-25(20-16-21(38-5)28(40-7)22(17-20)39-6)23(27(36)30(34)37)26(35)24-19(4)33-14-10-12-18(3)29(33)31-24/h10,12,14,16-17,25,35H,8-9,11,13,15H2,1-7H3. The van der Waals surface area contributed by atoms with E-state index in [1.165, 1.54) is 26.2 Å². The van der Waals surface area contributed by atoms with Gasteiger partial charge in [-0.25, -0.2) is 4.98 Å². The van der Waals surface area contributed by atoms with E-state index in [-0.39, 0.29) is 17.0 Å². The molecule has 2 aromatic heterocycles. The number of aliphatic hydroxyl groups excluding tert-OH is 1. The highest BCUT2D eigenvalue weighted by Crippen LogP contribution is 2.46. The third-order valence-corrected chi connectivity index (χ3v) is 7.62. The van der Waals surface area contributed by atoms with Crippen LogP contribution in [0.1, 0.15) is 48.8 Å². The normalized spacial score (nSPS) is 16.8. The Bertz CT molecular complexity index is 1430. The summed E-state index contributed by atoms with van der Waals surface area (Å²) < 4.78 is 18.5. The van der Waals surface area contributed by atoms with Gasteiger partial charge in [-0.15, -0.1) is 0 Å². The van der Waals surface area contributed by atoms with Gasteiger partial charge in [0, 0.05) is 12.7 Å². The zero-order valence-electron chi connectivity index (χ0n) is 24.3. The van der Waals surface area contributed by atoms with Gasteiger partial charge in [-0.05, 0) is 69.2 Å². The van der Waals surface area contributed by atoms with E-state index in [1.807, 2.05) is 36.6 Å². The van der Waals surface area contributed by atoms with Gasteiger partial charge in [0.2, 0.25) is 5.75 Å². The van der Waals surface area contributed by atoms with E-state index in [1.54, 1.807) is 12.1 Å². The molecule has 1 N–H and O–H groups in total. The number of rotatable bonds is 11. The summed E-state index contributed by atoms with van der Waals surface area (Å²) >= 11 is 0. The minimum absolute atomic E-state index is 0.0220. The topological polar surface area (TPSA) is 106 Å². The molecule has 214 valence electrons. The Balaban J connectivity index is 1.91. The Morgan fingerprint density at radius 2 is 1.70 bits per heavy atom. The minimum Gasteiger partial charge on any atom is -0.505 e. The first-order chi connectivity index (χ1) is 19.2. The van der Waals surface area contributed by atoms with Gasteiger partial charge in [0.1, 0.15) is 11.3 Å². The summed E-state index contributed by atoms with van der Waals surface area (Å²) in [6.07, 6.45) is 2.51. The van der Waals surface area contributed by atoms with E-state index in [0.29, 0.717) is 47.1 Å². The quantitative estimate of drug-likeness (QED) is 0.216. The van der Waals surface area contributed by atoms with Gasteiger partial charge >= 0.3 is 0 Å². The van der Waals surface area contributed by atoms with Crippen molar-refractivity contribution < 1.29 is 28.9 Å². The molecule has 0 saturated carbocycles. The number of hydrogen-bond donors (Lipinski definition) is 1. The van der Waals surface area contributed by atoms with Crippen LogP contribution in [0, 0.1) is 13.8 Å². The van der Waals surface area contributed by atoms with Crippen LogP contribution in [0.3, 0.4) is 0 Å². The summed E-state index contributed by atoms with van der Waals surface area (Å²) in [5.41, 5.74) is 3.03. The van der Waals surface area contributed by atoms with Crippen molar-refractivity contribution in [3.05, 3.63) is 58.6 Å². The van der Waals surface area contributed by atoms with Crippen LogP contribution in [0.25, 0.3) is 11.4 Å². The lowest BCUT2D eigenvalue weighted by Gasteiger charge is -2.27. The Labute approximate surface area is 234 Å². The molecule has 0 bridgehead atoms. The van der Waals surface area contributed by atoms with Crippen molar-refractivity contribution in [2.75, 3.05) is 47.5 Å². The fourth-order valence-corrected chi connectivity index (χ4v) is 5.39. The SMILES string of the molecule is CCN(CC)CCCN1C(=O)C(=O)C(=C(O)c2nc3c(C)cccn3c2C)C1c1cc(OC)c(OC)c(OC)c1. The number of carbonyl (C=O) groups excluding carboxylic acids is 2. The van der Waals surface area contributed by atoms with Crippen LogP contribution < -0.4 is 14.2 Å². The van der Waals surface area contributed by atoms with Crippen molar-refractivity contribution >= 4 is 23.1 Å². The molecule has 1 atom stereocenters. The smallest absolute Gasteiger partial charge is 0.295 e. The number of pyridine rings is 1. The number of carbonyl (C=O) groups is 2. The largest absolute Gasteiger partial charge is 0.505 e. The molecule has 1 amide bonds. The predicted octanol–water partition coefficient (Wildman–Crippen LogP) is 4.13. The van der Waals surface area contributed by atoms with E-state index < -0.39 is 17.7 Å². The minimum atomic E-state index is -0.879. The number of aromatic nitrogens is 2. The van der Waals surface area contributed by atoms with Crippen molar-refractivity contribution in [2.45, 2.75) is 40.2 Å². The lowest BCUT2D eigenvalue weighted by Crippen LogP contribution is -2.33. The fraction of sp³-hybridized carbons (Fsp3) is 0.433. The van der Waals surface area contributed by atoms with Crippen LogP contribution >= 0.6 is 0 Å². The number of benzene rings is 1. The summed E-state index contributed by atoms with van der Waals surface area (Å²) in [6.45, 7) is 10.8. The molecule has 3 aromatic rings. The number of aryl methyl sites for hydroxylation is 2. The van der Waals surface area contributed by atoms with Gasteiger partial charge in [0.25, 0.3) is 11.7 Å². The van der Waals surface area contributed by atoms with E-state index in [9.17, 15) is 14.7 Å². The lowest BCUT2D eigenvalue weighted by molar-refractivity contribution is -0.140. The zero-order chi connectivity index (χ0) is 29.1. The third-order valence-electron chi connectivity index (χ3n) is 7.62. The number of Topliss-reactive ketones (excluding diaryl/α,β-unsaturated/α-hetero) is 1. The highest BCUT2D eigenvalue weighted by molar-refractivity contribution is 6.46. The Hall–Kier alpha value is -4.05. The van der Waals surface area contributed by atoms with E-state index >= 15 is 0 Å². The average molecular weight is 551 g/mol. The van der Waals surface area contributed by atoms with Gasteiger partial charge in [-0.1, -0.05) is 19.9 Å². The Morgan fingerprint density at radius 3 is 2.25 bits per heavy atom. The maximum Gasteiger partial charge on any atom is 0.295 e. The first kappa shape index (κ1) is 28.9. The number of methoxy groups -OCH3 is 3. The molecule has 1 fully saturated rings. The predicted molar refractivity (Wildman–Crippen MR) is 152 cm³/mol. The molecule has 1 aliphatic heterocycles. The van der Waals surface area contributed by atoms with Crippen LogP contribution in [0.5, 0.6) is 17.2 Å². The number of hydrogen-bond acceptors (Lipinski definition) is 8. The van der Waals surface area contributed by atoms with Crippen LogP contribution in [0.4, 0.5) is 0 Å². The second-order valence-electron chi connectivity index (χ2n) is 9.76. The highest BCUT2D eigenvalue weighted by Gasteiger charge is 2.47. The Morgan fingerprint density at radius 1 is 1.05 bits per heavy atom. The Kier molecular flexibility index (Phi) is 8.68. The number of likely N-dealkylation sites (tertiary alicyclic amines) is 1. The van der Waals surface area contributed by atoms with Gasteiger partial charge in [-0.3, -0.25) is 9.59 Å². The van der Waals surface area contributed by atoms with Crippen LogP contribution in [-0.2, 0) is 9.59 Å². The zero-order valence-corrected chi connectivity index (χ0v) is 24.3. The molecular weight excluding hydrogens is 512 g/mol. The van der Waals surface area contributed by atoms with Crippen LogP contribution in [0.2, 0.25) is 0 Å². The van der Waals surface area contributed by atoms with Crippen LogP contribution in [-0.4, -0.2) is 83.5 Å². The number of ether oxygens (including phenoxy) is 3. The summed E-state index contributed by atoms with van der Waals surface area (Å²) in [5.74, 6) is -0.595. The summed E-state index contributed by atoms with van der Waals surface area (Å²) in [4.78, 5) is 35.6.